The van der Waals surface area contributed by atoms with Crippen molar-refractivity contribution in [1.29, 1.82) is 0 Å². The van der Waals surface area contributed by atoms with Gasteiger partial charge >= 0.3 is 0 Å². The smallest absolute Gasteiger partial charge is 0.204 e. The molecule has 0 radical (unpaired) electrons. The maximum Gasteiger partial charge on any atom is 0.204 e. The van der Waals surface area contributed by atoms with Crippen LogP contribution in [0.15, 0.2) is 41.8 Å². The molecule has 21 heavy (non-hydrogen) atoms. The zero-order valence-corrected chi connectivity index (χ0v) is 12.7. The van der Waals surface area contributed by atoms with Gasteiger partial charge in [-0.25, -0.2) is 0 Å². The topological polar surface area (TPSA) is 55.6 Å². The second-order valence-corrected chi connectivity index (χ2v) is 5.78. The van der Waals surface area contributed by atoms with E-state index in [9.17, 15) is 0 Å². The molecule has 1 aromatic carbocycles. The molecule has 2 aromatic heterocycles. The Morgan fingerprint density at radius 2 is 2.05 bits per heavy atom. The van der Waals surface area contributed by atoms with Gasteiger partial charge in [0.1, 0.15) is 0 Å². The quantitative estimate of drug-likeness (QED) is 0.711. The Balaban J connectivity index is 1.50. The Morgan fingerprint density at radius 3 is 2.81 bits per heavy atom. The van der Waals surface area contributed by atoms with Gasteiger partial charge in [0.15, 0.2) is 0 Å². The molecular weight excluding hydrogens is 282 g/mol. The van der Waals surface area contributed by atoms with Crippen molar-refractivity contribution in [3.05, 3.63) is 52.2 Å². The van der Waals surface area contributed by atoms with E-state index in [-0.39, 0.29) is 0 Å². The number of aromatic nitrogens is 4. The summed E-state index contributed by atoms with van der Waals surface area (Å²) in [5, 5.41) is 18.1. The number of aryl methyl sites for hydroxylation is 1. The highest BCUT2D eigenvalue weighted by Gasteiger charge is 2.05. The summed E-state index contributed by atoms with van der Waals surface area (Å²) < 4.78 is 0. The fourth-order valence-electron chi connectivity index (χ4n) is 2.01. The predicted molar refractivity (Wildman–Crippen MR) is 84.0 cm³/mol. The number of tetrazole rings is 1. The first-order chi connectivity index (χ1) is 10.3. The van der Waals surface area contributed by atoms with Crippen molar-refractivity contribution >= 4 is 11.3 Å². The third-order valence-corrected chi connectivity index (χ3v) is 4.25. The lowest BCUT2D eigenvalue weighted by atomic mass is 10.2. The standard InChI is InChI=1S/C15H17N5S/c1-12-7-10-21-14(12)11-16-8-9-20-18-15(17-19-20)13-5-3-2-4-6-13/h2-7,10,16H,8-9,11H2,1H3. The second kappa shape index (κ2) is 6.60. The summed E-state index contributed by atoms with van der Waals surface area (Å²) in [4.78, 5) is 3.02. The van der Waals surface area contributed by atoms with Crippen molar-refractivity contribution in [2.45, 2.75) is 20.0 Å². The Labute approximate surface area is 127 Å². The number of benzene rings is 1. The van der Waals surface area contributed by atoms with Gasteiger partial charge in [-0.05, 0) is 29.1 Å². The molecule has 0 unspecified atom stereocenters. The second-order valence-electron chi connectivity index (χ2n) is 4.78. The van der Waals surface area contributed by atoms with Crippen molar-refractivity contribution < 1.29 is 0 Å². The molecule has 0 fully saturated rings. The number of hydrogen-bond donors (Lipinski definition) is 1. The summed E-state index contributed by atoms with van der Waals surface area (Å²) in [6.45, 7) is 4.56. The van der Waals surface area contributed by atoms with Crippen molar-refractivity contribution in [2.75, 3.05) is 6.54 Å². The molecule has 3 rings (SSSR count). The molecule has 0 saturated carbocycles. The molecule has 0 spiro atoms. The van der Waals surface area contributed by atoms with E-state index in [1.165, 1.54) is 10.4 Å². The number of hydrogen-bond acceptors (Lipinski definition) is 5. The first-order valence-electron chi connectivity index (χ1n) is 6.90. The van der Waals surface area contributed by atoms with Gasteiger partial charge < -0.3 is 5.32 Å². The molecule has 2 heterocycles. The largest absolute Gasteiger partial charge is 0.310 e. The molecule has 0 bridgehead atoms. The van der Waals surface area contributed by atoms with Crippen LogP contribution in [0.25, 0.3) is 11.4 Å². The Hall–Kier alpha value is -2.05. The molecule has 5 nitrogen and oxygen atoms in total. The zero-order valence-electron chi connectivity index (χ0n) is 11.9. The maximum absolute atomic E-state index is 4.39. The van der Waals surface area contributed by atoms with Crippen LogP contribution in [-0.2, 0) is 13.1 Å². The fraction of sp³-hybridized carbons (Fsp3) is 0.267. The SMILES string of the molecule is Cc1ccsc1CNCCn1nnc(-c2ccccc2)n1. The van der Waals surface area contributed by atoms with Gasteiger partial charge in [0.05, 0.1) is 6.54 Å². The Bertz CT molecular complexity index is 689. The van der Waals surface area contributed by atoms with E-state index in [0.29, 0.717) is 12.4 Å². The van der Waals surface area contributed by atoms with Gasteiger partial charge in [-0.15, -0.1) is 21.5 Å². The van der Waals surface area contributed by atoms with Gasteiger partial charge in [-0.3, -0.25) is 0 Å². The summed E-state index contributed by atoms with van der Waals surface area (Å²) >= 11 is 1.78. The van der Waals surface area contributed by atoms with Crippen LogP contribution in [0.1, 0.15) is 10.4 Å². The molecule has 108 valence electrons. The normalized spacial score (nSPS) is 10.9. The van der Waals surface area contributed by atoms with Crippen molar-refractivity contribution in [3.63, 3.8) is 0 Å². The molecular formula is C15H17N5S. The summed E-state index contributed by atoms with van der Waals surface area (Å²) in [6.07, 6.45) is 0. The zero-order chi connectivity index (χ0) is 14.5. The highest BCUT2D eigenvalue weighted by molar-refractivity contribution is 7.10. The molecule has 6 heteroatoms. The minimum atomic E-state index is 0.671. The van der Waals surface area contributed by atoms with E-state index in [4.69, 9.17) is 0 Å². The van der Waals surface area contributed by atoms with Gasteiger partial charge in [0.2, 0.25) is 5.82 Å². The fourth-order valence-corrected chi connectivity index (χ4v) is 2.88. The lowest BCUT2D eigenvalue weighted by Crippen LogP contribution is -2.20. The van der Waals surface area contributed by atoms with Crippen molar-refractivity contribution in [2.24, 2.45) is 0 Å². The van der Waals surface area contributed by atoms with E-state index in [1.807, 2.05) is 30.3 Å². The van der Waals surface area contributed by atoms with Gasteiger partial charge in [-0.2, -0.15) is 4.80 Å². The van der Waals surface area contributed by atoms with Crippen LogP contribution >= 0.6 is 11.3 Å². The Morgan fingerprint density at radius 1 is 1.19 bits per heavy atom. The number of rotatable bonds is 6. The maximum atomic E-state index is 4.39. The summed E-state index contributed by atoms with van der Waals surface area (Å²) in [6, 6.07) is 12.0. The monoisotopic (exact) mass is 299 g/mol. The van der Waals surface area contributed by atoms with Crippen LogP contribution in [0.3, 0.4) is 0 Å². The molecule has 0 aliphatic rings. The van der Waals surface area contributed by atoms with Crippen LogP contribution in [0, 0.1) is 6.92 Å². The van der Waals surface area contributed by atoms with E-state index in [0.717, 1.165) is 18.7 Å². The minimum absolute atomic E-state index is 0.671. The summed E-state index contributed by atoms with van der Waals surface area (Å²) in [5.41, 5.74) is 2.34. The van der Waals surface area contributed by atoms with Crippen molar-refractivity contribution in [1.82, 2.24) is 25.5 Å². The highest BCUT2D eigenvalue weighted by atomic mass is 32.1. The van der Waals surface area contributed by atoms with E-state index >= 15 is 0 Å². The van der Waals surface area contributed by atoms with Crippen LogP contribution in [0.5, 0.6) is 0 Å². The molecule has 0 aliphatic heterocycles. The van der Waals surface area contributed by atoms with Crippen LogP contribution in [0.2, 0.25) is 0 Å². The molecule has 0 atom stereocenters. The van der Waals surface area contributed by atoms with Gasteiger partial charge in [0.25, 0.3) is 0 Å². The third kappa shape index (κ3) is 3.53. The molecule has 1 N–H and O–H groups in total. The van der Waals surface area contributed by atoms with Crippen LogP contribution < -0.4 is 5.32 Å². The van der Waals surface area contributed by atoms with Crippen molar-refractivity contribution in [3.8, 4) is 11.4 Å². The molecule has 0 saturated heterocycles. The van der Waals surface area contributed by atoms with Crippen LogP contribution in [0.4, 0.5) is 0 Å². The molecule has 0 aliphatic carbocycles. The first-order valence-corrected chi connectivity index (χ1v) is 7.78. The lowest BCUT2D eigenvalue weighted by Gasteiger charge is -2.03. The highest BCUT2D eigenvalue weighted by Crippen LogP contribution is 2.14. The van der Waals surface area contributed by atoms with E-state index in [2.05, 4.69) is 39.1 Å². The predicted octanol–water partition coefficient (Wildman–Crippen LogP) is 2.50. The number of nitrogens with one attached hydrogen (secondary N) is 1. The third-order valence-electron chi connectivity index (χ3n) is 3.23. The number of thiophene rings is 1. The molecule has 0 amide bonds. The summed E-state index contributed by atoms with van der Waals surface area (Å²) in [7, 11) is 0. The van der Waals surface area contributed by atoms with Crippen LogP contribution in [-0.4, -0.2) is 26.8 Å². The van der Waals surface area contributed by atoms with E-state index < -0.39 is 0 Å². The average molecular weight is 299 g/mol. The Kier molecular flexibility index (Phi) is 4.37. The molecule has 3 aromatic rings. The number of nitrogens with zero attached hydrogens (tertiary/aromatic N) is 4. The lowest BCUT2D eigenvalue weighted by molar-refractivity contribution is 0.492. The average Bonchev–Trinajstić information content (AvgIpc) is 3.14. The van der Waals surface area contributed by atoms with E-state index in [1.54, 1.807) is 16.1 Å². The van der Waals surface area contributed by atoms with Gasteiger partial charge in [0, 0.05) is 23.5 Å². The minimum Gasteiger partial charge on any atom is -0.310 e. The summed E-state index contributed by atoms with van der Waals surface area (Å²) in [5.74, 6) is 0.671. The van der Waals surface area contributed by atoms with Gasteiger partial charge in [-0.1, -0.05) is 30.3 Å². The first kappa shape index (κ1) is 13.9.